The van der Waals surface area contributed by atoms with E-state index in [1.54, 1.807) is 6.20 Å². The molecule has 3 aromatic carbocycles. The largest absolute Gasteiger partial charge is 0.416 e. The van der Waals surface area contributed by atoms with Gasteiger partial charge in [-0.1, -0.05) is 24.3 Å². The summed E-state index contributed by atoms with van der Waals surface area (Å²) in [6.07, 6.45) is -4.83. The maximum atomic E-state index is 13.4. The van der Waals surface area contributed by atoms with E-state index in [-0.39, 0.29) is 23.5 Å². The third-order valence-corrected chi connectivity index (χ3v) is 8.62. The van der Waals surface area contributed by atoms with Crippen molar-refractivity contribution in [1.29, 1.82) is 0 Å². The minimum Gasteiger partial charge on any atom is -0.372 e. The zero-order valence-corrected chi connectivity index (χ0v) is 22.6. The second-order valence-corrected chi connectivity index (χ2v) is 11.1. The van der Waals surface area contributed by atoms with E-state index in [0.29, 0.717) is 29.5 Å². The number of nitrogens with one attached hydrogen (secondary N) is 2. The fourth-order valence-corrected chi connectivity index (χ4v) is 6.47. The molecule has 0 saturated carbocycles. The number of alkyl halides is 6. The first kappa shape index (κ1) is 28.9. The van der Waals surface area contributed by atoms with Crippen LogP contribution in [0.1, 0.15) is 35.6 Å². The van der Waals surface area contributed by atoms with Gasteiger partial charge in [-0.15, -0.1) is 6.58 Å². The zero-order valence-electron chi connectivity index (χ0n) is 22.6. The first-order chi connectivity index (χ1) is 20.3. The third-order valence-electron chi connectivity index (χ3n) is 8.62. The Kier molecular flexibility index (Phi) is 7.07. The van der Waals surface area contributed by atoms with Crippen LogP contribution in [0, 0.1) is 11.8 Å². The monoisotopic (exact) mass is 600 g/mol. The Bertz CT molecular complexity index is 1740. The number of benzene rings is 2. The molecule has 6 nitrogen and oxygen atoms in total. The maximum absolute atomic E-state index is 13.4. The summed E-state index contributed by atoms with van der Waals surface area (Å²) in [6.45, 7) is 5.52. The van der Waals surface area contributed by atoms with Crippen LogP contribution in [-0.2, 0) is 12.4 Å². The summed E-state index contributed by atoms with van der Waals surface area (Å²) in [4.78, 5) is 32.3. The lowest BCUT2D eigenvalue weighted by Gasteiger charge is -2.52. The van der Waals surface area contributed by atoms with Crippen LogP contribution < -0.4 is 21.5 Å². The van der Waals surface area contributed by atoms with E-state index in [2.05, 4.69) is 27.1 Å². The summed E-state index contributed by atoms with van der Waals surface area (Å²) < 4.78 is 80.7. The van der Waals surface area contributed by atoms with E-state index in [1.165, 1.54) is 0 Å². The lowest BCUT2D eigenvalue weighted by atomic mass is 9.73. The average molecular weight is 601 g/mol. The predicted octanol–water partition coefficient (Wildman–Crippen LogP) is 6.66. The molecule has 2 bridgehead atoms. The highest BCUT2D eigenvalue weighted by Gasteiger charge is 2.44. The molecular formula is C31H26F6N4O2. The molecule has 0 spiro atoms. The lowest BCUT2D eigenvalue weighted by molar-refractivity contribution is -0.143. The number of halogens is 6. The van der Waals surface area contributed by atoms with Crippen LogP contribution in [0.15, 0.2) is 77.0 Å². The van der Waals surface area contributed by atoms with Gasteiger partial charge in [0.2, 0.25) is 0 Å². The molecule has 3 aliphatic rings. The lowest BCUT2D eigenvalue weighted by Crippen LogP contribution is -2.56. The molecule has 2 unspecified atom stereocenters. The number of piperidine rings is 3. The molecule has 5 atom stereocenters. The number of anilines is 3. The van der Waals surface area contributed by atoms with Gasteiger partial charge in [-0.3, -0.25) is 19.5 Å². The van der Waals surface area contributed by atoms with Gasteiger partial charge in [-0.05, 0) is 67.1 Å². The Labute approximate surface area is 241 Å². The number of pyridine rings is 1. The minimum absolute atomic E-state index is 0.000122. The van der Waals surface area contributed by atoms with Gasteiger partial charge < -0.3 is 10.6 Å². The molecule has 224 valence electrons. The summed E-state index contributed by atoms with van der Waals surface area (Å²) in [5.74, 6) is 0.646. The number of aromatic nitrogens is 1. The van der Waals surface area contributed by atoms with Crippen LogP contribution in [-0.4, -0.2) is 29.0 Å². The van der Waals surface area contributed by atoms with Crippen LogP contribution in [0.25, 0.3) is 10.9 Å². The van der Waals surface area contributed by atoms with E-state index in [1.807, 2.05) is 36.4 Å². The minimum atomic E-state index is -5.07. The van der Waals surface area contributed by atoms with Crippen molar-refractivity contribution in [3.63, 3.8) is 0 Å². The van der Waals surface area contributed by atoms with Gasteiger partial charge >= 0.3 is 12.4 Å². The predicted molar refractivity (Wildman–Crippen MR) is 151 cm³/mol. The van der Waals surface area contributed by atoms with Crippen LogP contribution in [0.2, 0.25) is 0 Å². The van der Waals surface area contributed by atoms with Crippen molar-refractivity contribution >= 4 is 28.0 Å². The van der Waals surface area contributed by atoms with Crippen molar-refractivity contribution in [3.8, 4) is 0 Å². The number of hydrogen-bond donors (Lipinski definition) is 2. The quantitative estimate of drug-likeness (QED) is 0.140. The highest BCUT2D eigenvalue weighted by molar-refractivity contribution is 5.84. The van der Waals surface area contributed by atoms with Crippen molar-refractivity contribution in [3.05, 3.63) is 105 Å². The maximum Gasteiger partial charge on any atom is 0.416 e. The van der Waals surface area contributed by atoms with Crippen molar-refractivity contribution < 1.29 is 26.3 Å². The number of fused-ring (bicyclic) bond motifs is 4. The van der Waals surface area contributed by atoms with Crippen molar-refractivity contribution in [1.82, 2.24) is 9.88 Å². The molecule has 4 aromatic rings. The molecule has 0 aliphatic carbocycles. The molecule has 3 fully saturated rings. The smallest absolute Gasteiger partial charge is 0.372 e. The Morgan fingerprint density at radius 3 is 2.26 bits per heavy atom. The summed E-state index contributed by atoms with van der Waals surface area (Å²) >= 11 is 0. The normalized spacial score (nSPS) is 22.9. The van der Waals surface area contributed by atoms with Gasteiger partial charge in [0.25, 0.3) is 10.9 Å². The Morgan fingerprint density at radius 1 is 0.953 bits per heavy atom. The Hall–Kier alpha value is -4.19. The molecule has 3 saturated heterocycles. The second kappa shape index (κ2) is 10.5. The number of nitrogens with zero attached hydrogens (tertiary/aromatic N) is 2. The van der Waals surface area contributed by atoms with E-state index >= 15 is 0 Å². The zero-order chi connectivity index (χ0) is 30.7. The third kappa shape index (κ3) is 5.28. The molecule has 2 N–H and O–H groups in total. The molecule has 0 radical (unpaired) electrons. The van der Waals surface area contributed by atoms with Gasteiger partial charge in [0.05, 0.1) is 22.7 Å². The van der Waals surface area contributed by atoms with Gasteiger partial charge in [0.15, 0.2) is 0 Å². The Morgan fingerprint density at radius 2 is 1.63 bits per heavy atom. The molecular weight excluding hydrogens is 574 g/mol. The molecule has 0 amide bonds. The fraction of sp³-hybridized carbons (Fsp3) is 0.323. The van der Waals surface area contributed by atoms with Gasteiger partial charge in [0, 0.05) is 29.9 Å². The molecule has 12 heteroatoms. The molecule has 43 heavy (non-hydrogen) atoms. The fourth-order valence-electron chi connectivity index (χ4n) is 6.47. The highest BCUT2D eigenvalue weighted by Crippen LogP contribution is 2.44. The average Bonchev–Trinajstić information content (AvgIpc) is 2.99. The van der Waals surface area contributed by atoms with Crippen molar-refractivity contribution in [2.45, 2.75) is 37.3 Å². The van der Waals surface area contributed by atoms with Crippen molar-refractivity contribution in [2.24, 2.45) is 11.8 Å². The number of rotatable bonds is 7. The Balaban J connectivity index is 1.41. The van der Waals surface area contributed by atoms with E-state index in [4.69, 9.17) is 0 Å². The molecule has 1 aromatic heterocycles. The summed E-state index contributed by atoms with van der Waals surface area (Å²) in [7, 11) is 0. The van der Waals surface area contributed by atoms with Crippen LogP contribution in [0.5, 0.6) is 0 Å². The summed E-state index contributed by atoms with van der Waals surface area (Å²) in [6, 6.07) is 9.52. The van der Waals surface area contributed by atoms with Crippen LogP contribution >= 0.6 is 0 Å². The topological polar surface area (TPSA) is 74.3 Å². The van der Waals surface area contributed by atoms with E-state index in [0.717, 1.165) is 36.9 Å². The molecule has 3 aliphatic heterocycles. The van der Waals surface area contributed by atoms with Crippen LogP contribution in [0.4, 0.5) is 43.4 Å². The highest BCUT2D eigenvalue weighted by atomic mass is 19.4. The van der Waals surface area contributed by atoms with E-state index in [9.17, 15) is 35.9 Å². The van der Waals surface area contributed by atoms with Gasteiger partial charge in [0.1, 0.15) is 11.4 Å². The van der Waals surface area contributed by atoms with Gasteiger partial charge in [-0.2, -0.15) is 26.3 Å². The first-order valence-electron chi connectivity index (χ1n) is 13.7. The summed E-state index contributed by atoms with van der Waals surface area (Å²) in [5, 5.41) is 6.40. The molecule has 4 heterocycles. The van der Waals surface area contributed by atoms with Crippen molar-refractivity contribution in [2.75, 3.05) is 23.7 Å². The standard InChI is InChI=1S/C31H26F6N4O2/c1-2-16-15-41-10-8-17(16)11-24(41)25(22-7-9-38-23-6-4-3-5-21(22)23)40-27-26(28(42)29(27)43)39-20-13-18(30(32,33)34)12-19(14-20)31(35,36)37/h2-7,9,12-14,16-17,24-25,39-40H,1,8,10-11,15H2/t16-,17-,24?,25+/m0/s1. The van der Waals surface area contributed by atoms with Gasteiger partial charge in [-0.25, -0.2) is 0 Å². The summed E-state index contributed by atoms with van der Waals surface area (Å²) in [5.41, 5.74) is -4.71. The SMILES string of the molecule is C=C[C@H]1CN2CC[C@H]1CC2[C@H](Nc1c(Nc2cc(C(F)(F)F)cc(C(F)(F)F)c2)c(=O)c1=O)c1ccnc2ccccc12. The number of hydrogen-bond acceptors (Lipinski definition) is 6. The van der Waals surface area contributed by atoms with Crippen LogP contribution in [0.3, 0.4) is 0 Å². The van der Waals surface area contributed by atoms with E-state index < -0.39 is 46.1 Å². The first-order valence-corrected chi connectivity index (χ1v) is 13.7. The second-order valence-electron chi connectivity index (χ2n) is 11.1. The number of para-hydroxylation sites is 1. The molecule has 7 rings (SSSR count).